The first-order valence-electron chi connectivity index (χ1n) is 33.4. The molecule has 0 radical (unpaired) electrons. The van der Waals surface area contributed by atoms with E-state index in [0.29, 0.717) is 23.9 Å². The monoisotopic (exact) mass is 1150 g/mol. The van der Waals surface area contributed by atoms with Gasteiger partial charge in [0.25, 0.3) is 7.82 Å². The summed E-state index contributed by atoms with van der Waals surface area (Å²) in [6.07, 6.45) is 91.7. The van der Waals surface area contributed by atoms with Gasteiger partial charge in [0, 0.05) is 6.42 Å². The fourth-order valence-electron chi connectivity index (χ4n) is 9.25. The van der Waals surface area contributed by atoms with E-state index in [4.69, 9.17) is 9.05 Å². The number of rotatable bonds is 60. The van der Waals surface area contributed by atoms with Crippen LogP contribution in [0.25, 0.3) is 0 Å². The molecule has 9 heteroatoms. The summed E-state index contributed by atoms with van der Waals surface area (Å²) in [5.41, 5.74) is 0. The van der Waals surface area contributed by atoms with Crippen molar-refractivity contribution in [2.24, 2.45) is 0 Å². The van der Waals surface area contributed by atoms with Crippen LogP contribution in [0, 0.1) is 0 Å². The fraction of sp³-hybridized carbons (Fsp3) is 0.708. The molecule has 2 N–H and O–H groups in total. The Balaban J connectivity index is 4.25. The second-order valence-corrected chi connectivity index (χ2v) is 24.8. The van der Waals surface area contributed by atoms with Crippen LogP contribution in [0.3, 0.4) is 0 Å². The van der Waals surface area contributed by atoms with Crippen LogP contribution in [-0.4, -0.2) is 68.5 Å². The third kappa shape index (κ3) is 64.3. The van der Waals surface area contributed by atoms with Gasteiger partial charge in [0.2, 0.25) is 5.91 Å². The highest BCUT2D eigenvalue weighted by molar-refractivity contribution is 7.45. The SMILES string of the molecule is CC/C=C\C/C=C\C/C=C\C/C=C\C/C=C\C/C=C\C/C=C\C/C=C\CCCCCCC(=O)NC(COP(=O)([O-])OCC[N+](C)(C)C)C(O)/C=C/CC/C=C/CCCCCCCCCCCCCCCCCCCCCCCCCC. The molecule has 0 aromatic carbocycles. The summed E-state index contributed by atoms with van der Waals surface area (Å²) in [6, 6.07) is -0.929. The first-order chi connectivity index (χ1) is 39.5. The Labute approximate surface area is 501 Å². The van der Waals surface area contributed by atoms with Crippen LogP contribution in [0.5, 0.6) is 0 Å². The minimum atomic E-state index is -4.63. The van der Waals surface area contributed by atoms with Crippen molar-refractivity contribution >= 4 is 13.7 Å². The number of quaternary nitrogens is 1. The Morgan fingerprint density at radius 1 is 0.444 bits per heavy atom. The molecule has 3 unspecified atom stereocenters. The molecule has 1 amide bonds. The lowest BCUT2D eigenvalue weighted by atomic mass is 10.0. The summed E-state index contributed by atoms with van der Waals surface area (Å²) in [5.74, 6) is -0.234. The predicted molar refractivity (Wildman–Crippen MR) is 352 cm³/mol. The Hall–Kier alpha value is -3.10. The van der Waals surface area contributed by atoms with Crippen molar-refractivity contribution in [1.29, 1.82) is 0 Å². The molecule has 0 fully saturated rings. The highest BCUT2D eigenvalue weighted by Gasteiger charge is 2.23. The lowest BCUT2D eigenvalue weighted by Gasteiger charge is -2.29. The van der Waals surface area contributed by atoms with E-state index in [1.165, 1.54) is 154 Å². The Bertz CT molecular complexity index is 1730. The number of allylic oxidation sites excluding steroid dienone is 19. The molecular weight excluding hydrogens is 1020 g/mol. The third-order valence-corrected chi connectivity index (χ3v) is 15.4. The van der Waals surface area contributed by atoms with Gasteiger partial charge >= 0.3 is 0 Å². The Morgan fingerprint density at radius 2 is 0.765 bits per heavy atom. The van der Waals surface area contributed by atoms with Gasteiger partial charge in [-0.2, -0.15) is 0 Å². The molecule has 0 aromatic rings. The lowest BCUT2D eigenvalue weighted by molar-refractivity contribution is -0.870. The van der Waals surface area contributed by atoms with Gasteiger partial charge in [0.15, 0.2) is 0 Å². The zero-order chi connectivity index (χ0) is 59.1. The van der Waals surface area contributed by atoms with Crippen molar-refractivity contribution in [2.45, 2.75) is 289 Å². The fourth-order valence-corrected chi connectivity index (χ4v) is 9.97. The highest BCUT2D eigenvalue weighted by Crippen LogP contribution is 2.38. The smallest absolute Gasteiger partial charge is 0.268 e. The number of phosphoric acid groups is 1. The molecule has 466 valence electrons. The molecule has 0 aliphatic carbocycles. The first-order valence-corrected chi connectivity index (χ1v) is 34.9. The average Bonchev–Trinajstić information content (AvgIpc) is 3.43. The number of carbonyl (C=O) groups is 1. The summed E-state index contributed by atoms with van der Waals surface area (Å²) in [4.78, 5) is 25.6. The van der Waals surface area contributed by atoms with Gasteiger partial charge in [-0.05, 0) is 96.3 Å². The number of phosphoric ester groups is 1. The third-order valence-electron chi connectivity index (χ3n) is 14.4. The molecule has 8 nitrogen and oxygen atoms in total. The van der Waals surface area contributed by atoms with Gasteiger partial charge in [-0.15, -0.1) is 0 Å². The van der Waals surface area contributed by atoms with Gasteiger partial charge in [-0.1, -0.05) is 296 Å². The van der Waals surface area contributed by atoms with Gasteiger partial charge in [-0.3, -0.25) is 9.36 Å². The van der Waals surface area contributed by atoms with E-state index >= 15 is 0 Å². The minimum Gasteiger partial charge on any atom is -0.756 e. The summed E-state index contributed by atoms with van der Waals surface area (Å²) in [7, 11) is 1.21. The molecule has 0 aliphatic rings. The van der Waals surface area contributed by atoms with Crippen LogP contribution in [0.2, 0.25) is 0 Å². The molecule has 0 saturated carbocycles. The van der Waals surface area contributed by atoms with Gasteiger partial charge in [0.1, 0.15) is 13.2 Å². The van der Waals surface area contributed by atoms with Crippen molar-refractivity contribution in [2.75, 3.05) is 40.9 Å². The molecule has 0 aliphatic heterocycles. The van der Waals surface area contributed by atoms with E-state index in [9.17, 15) is 19.4 Å². The first kappa shape index (κ1) is 77.9. The molecule has 81 heavy (non-hydrogen) atoms. The van der Waals surface area contributed by atoms with E-state index in [0.717, 1.165) is 96.3 Å². The van der Waals surface area contributed by atoms with Crippen LogP contribution < -0.4 is 10.2 Å². The maximum Gasteiger partial charge on any atom is 0.268 e. The van der Waals surface area contributed by atoms with Gasteiger partial charge in [-0.25, -0.2) is 0 Å². The molecule has 0 aromatic heterocycles. The number of likely N-dealkylation sites (N-methyl/N-ethyl adjacent to an activating group) is 1. The summed E-state index contributed by atoms with van der Waals surface area (Å²) in [6.45, 7) is 4.51. The predicted octanol–water partition coefficient (Wildman–Crippen LogP) is 20.6. The number of amides is 1. The topological polar surface area (TPSA) is 108 Å². The van der Waals surface area contributed by atoms with Crippen molar-refractivity contribution in [3.05, 3.63) is 122 Å². The van der Waals surface area contributed by atoms with Crippen LogP contribution in [-0.2, 0) is 18.4 Å². The van der Waals surface area contributed by atoms with E-state index < -0.39 is 26.6 Å². The summed E-state index contributed by atoms with van der Waals surface area (Å²) >= 11 is 0. The van der Waals surface area contributed by atoms with Crippen molar-refractivity contribution < 1.29 is 32.9 Å². The number of hydrogen-bond donors (Lipinski definition) is 2. The molecule has 0 rings (SSSR count). The highest BCUT2D eigenvalue weighted by atomic mass is 31.2. The number of hydrogen-bond acceptors (Lipinski definition) is 6. The van der Waals surface area contributed by atoms with Crippen LogP contribution in [0.15, 0.2) is 122 Å². The van der Waals surface area contributed by atoms with E-state index in [2.05, 4.69) is 129 Å². The van der Waals surface area contributed by atoms with Gasteiger partial charge in [0.05, 0.1) is 39.9 Å². The normalized spacial score (nSPS) is 14.5. The number of unbranched alkanes of at least 4 members (excludes halogenated alkanes) is 29. The maximum absolute atomic E-state index is 13.0. The van der Waals surface area contributed by atoms with Crippen molar-refractivity contribution in [1.82, 2.24) is 5.32 Å². The number of nitrogens with zero attached hydrogens (tertiary/aromatic N) is 1. The second-order valence-electron chi connectivity index (χ2n) is 23.4. The quantitative estimate of drug-likeness (QED) is 0.0272. The molecule has 0 saturated heterocycles. The number of carbonyl (C=O) groups excluding carboxylic acids is 1. The number of aliphatic hydroxyl groups excluding tert-OH is 1. The zero-order valence-electron chi connectivity index (χ0n) is 53.2. The largest absolute Gasteiger partial charge is 0.756 e. The van der Waals surface area contributed by atoms with Crippen LogP contribution in [0.1, 0.15) is 277 Å². The molecule has 3 atom stereocenters. The van der Waals surface area contributed by atoms with E-state index in [1.807, 2.05) is 27.2 Å². The standard InChI is InChI=1S/C72H127N2O6P/c1-6-8-10-12-14-16-18-20-22-24-26-28-30-32-34-36-38-39-41-43-45-47-49-51-53-55-57-59-61-63-65-71(75)70(69-80-81(77,78)79-68-67-74(3,4)5)73-72(76)66-64-62-60-58-56-54-52-50-48-46-44-42-40-37-35-33-31-29-27-25-23-21-19-17-15-13-11-9-7-2/h9,11,15,17,21,23,27,29,33,35,40,42,46,48,52,54-55,57,63,65,70-71,75H,6-8,10,12-14,16,18-20,22,24-26,28,30-32,34,36-39,41,43-45,47,49-51,53,56,58-62,64,66-69H2,1-5H3,(H-,73,76,77,78)/b11-9-,17-15-,23-21-,29-27-,35-33-,42-40-,48-46-,54-52-,57-55+,65-63+. The van der Waals surface area contributed by atoms with E-state index in [-0.39, 0.29) is 12.5 Å². The van der Waals surface area contributed by atoms with Crippen LogP contribution in [0.4, 0.5) is 0 Å². The molecule has 0 bridgehead atoms. The molecule has 0 heterocycles. The number of nitrogens with one attached hydrogen (secondary N) is 1. The number of aliphatic hydroxyl groups is 1. The van der Waals surface area contributed by atoms with Crippen molar-refractivity contribution in [3.63, 3.8) is 0 Å². The lowest BCUT2D eigenvalue weighted by Crippen LogP contribution is -2.45. The summed E-state index contributed by atoms with van der Waals surface area (Å²) < 4.78 is 23.4. The zero-order valence-corrected chi connectivity index (χ0v) is 54.1. The van der Waals surface area contributed by atoms with Crippen molar-refractivity contribution in [3.8, 4) is 0 Å². The maximum atomic E-state index is 13.0. The Morgan fingerprint density at radius 3 is 1.15 bits per heavy atom. The van der Waals surface area contributed by atoms with E-state index in [1.54, 1.807) is 6.08 Å². The Kier molecular flexibility index (Phi) is 59.1. The summed E-state index contributed by atoms with van der Waals surface area (Å²) in [5, 5.41) is 13.9. The minimum absolute atomic E-state index is 0.0183. The average molecular weight is 1150 g/mol. The second kappa shape index (κ2) is 61.5. The molecular formula is C72H127N2O6P. The van der Waals surface area contributed by atoms with Crippen LogP contribution >= 0.6 is 7.82 Å². The van der Waals surface area contributed by atoms with Gasteiger partial charge < -0.3 is 28.8 Å². The molecule has 0 spiro atoms.